The number of carbonyl (C=O) groups is 7. The van der Waals surface area contributed by atoms with Crippen LogP contribution in [0.3, 0.4) is 0 Å². The van der Waals surface area contributed by atoms with Crippen LogP contribution in [-0.2, 0) is 35.2 Å². The number of aliphatic carboxylic acids is 4. The molecule has 1 aromatic carbocycles. The molecule has 3 rings (SSSR count). The van der Waals surface area contributed by atoms with E-state index >= 15 is 0 Å². The maximum atomic E-state index is 12.5. The number of nitrogens with one attached hydrogen (secondary N) is 2. The normalized spacial score (nSPS) is 11.3. The van der Waals surface area contributed by atoms with Crippen LogP contribution in [0.4, 0.5) is 11.8 Å². The second kappa shape index (κ2) is 27.1. The van der Waals surface area contributed by atoms with Crippen molar-refractivity contribution >= 4 is 83.0 Å². The first-order chi connectivity index (χ1) is 25.4. The number of Topliss-reactive ketones (excluding diaryl/α,β-unsaturated/α-hetero) is 1. The smallest absolute Gasteiger partial charge is 1.00 e. The molecule has 0 spiro atoms. The van der Waals surface area contributed by atoms with Crippen molar-refractivity contribution in [1.82, 2.24) is 30.6 Å². The quantitative estimate of drug-likeness (QED) is 0.0337. The maximum Gasteiger partial charge on any atom is 1.00 e. The van der Waals surface area contributed by atoms with Crippen molar-refractivity contribution in [3.05, 3.63) is 52.8 Å². The van der Waals surface area contributed by atoms with E-state index < -0.39 is 53.6 Å². The van der Waals surface area contributed by atoms with Crippen molar-refractivity contribution < 1.29 is 89.8 Å². The molecule has 2 heterocycles. The Morgan fingerprint density at radius 1 is 0.875 bits per heavy atom. The minimum Gasteiger partial charge on any atom is -1.00 e. The summed E-state index contributed by atoms with van der Waals surface area (Å²) in [6, 6.07) is 4.41. The predicted octanol–water partition coefficient (Wildman–Crippen LogP) is -1.39. The van der Waals surface area contributed by atoms with E-state index in [-0.39, 0.29) is 98.7 Å². The fraction of sp³-hybridized carbons (Fsp3) is 0.394. The summed E-state index contributed by atoms with van der Waals surface area (Å²) in [4.78, 5) is 95.1. The van der Waals surface area contributed by atoms with Gasteiger partial charge in [0.15, 0.2) is 17.0 Å². The van der Waals surface area contributed by atoms with Gasteiger partial charge in [0.2, 0.25) is 17.6 Å². The number of ketones is 1. The van der Waals surface area contributed by atoms with Gasteiger partial charge in [0, 0.05) is 31.7 Å². The summed E-state index contributed by atoms with van der Waals surface area (Å²) >= 11 is 0. The van der Waals surface area contributed by atoms with Crippen LogP contribution in [-0.4, -0.2) is 105 Å². The monoisotopic (exact) mass is 814 g/mol. The SMILES string of the molecule is CC(=O)N[C@@H](CCC(=O)C=[N+]=[N-])C(=O)O.CCC(=O)O.CCC(Cc1cnc2nc(N)nc(N)c2n1)c1ccc(C(=O)N[C@@H](CCC(=O)O)C(=O)O)cc1.Cl.[H-].[Na+]. The van der Waals surface area contributed by atoms with E-state index in [4.69, 9.17) is 32.3 Å². The van der Waals surface area contributed by atoms with Crippen molar-refractivity contribution in [2.75, 3.05) is 11.5 Å². The fourth-order valence-corrected chi connectivity index (χ4v) is 4.42. The summed E-state index contributed by atoms with van der Waals surface area (Å²) in [6.45, 7) is 4.81. The summed E-state index contributed by atoms with van der Waals surface area (Å²) in [5.74, 6) is -5.70. The van der Waals surface area contributed by atoms with Crippen LogP contribution in [0, 0.1) is 0 Å². The average Bonchev–Trinajstić information content (AvgIpc) is 3.11. The molecule has 0 radical (unpaired) electrons. The summed E-state index contributed by atoms with van der Waals surface area (Å²) in [5, 5.41) is 38.9. The van der Waals surface area contributed by atoms with Crippen molar-refractivity contribution in [2.45, 2.75) is 83.7 Å². The van der Waals surface area contributed by atoms with Gasteiger partial charge in [-0.15, -0.1) is 12.4 Å². The minimum absolute atomic E-state index is 0. The molecule has 2 aromatic heterocycles. The van der Waals surface area contributed by atoms with Gasteiger partial charge in [-0.2, -0.15) is 14.8 Å². The number of aromatic nitrogens is 4. The molecule has 0 bridgehead atoms. The van der Waals surface area contributed by atoms with Crippen LogP contribution in [0.5, 0.6) is 0 Å². The van der Waals surface area contributed by atoms with E-state index in [0.717, 1.165) is 12.0 Å². The average molecular weight is 815 g/mol. The molecule has 0 saturated heterocycles. The van der Waals surface area contributed by atoms with Crippen molar-refractivity contribution in [2.24, 2.45) is 0 Å². The Bertz CT molecular complexity index is 1890. The fourth-order valence-electron chi connectivity index (χ4n) is 4.42. The number of amides is 2. The minimum atomic E-state index is -1.29. The Morgan fingerprint density at radius 2 is 1.43 bits per heavy atom. The van der Waals surface area contributed by atoms with Gasteiger partial charge in [0.05, 0.1) is 11.9 Å². The van der Waals surface area contributed by atoms with Gasteiger partial charge in [-0.05, 0) is 49.3 Å². The molecular formula is C33H44ClN10NaO11. The van der Waals surface area contributed by atoms with E-state index in [1.165, 1.54) is 6.92 Å². The van der Waals surface area contributed by atoms with Crippen molar-refractivity contribution in [1.29, 1.82) is 0 Å². The van der Waals surface area contributed by atoms with Crippen LogP contribution in [0.2, 0.25) is 0 Å². The second-order valence-corrected chi connectivity index (χ2v) is 11.3. The molecule has 23 heteroatoms. The standard InChI is InChI=1S/C22H25N7O5.C8H11N3O4.C3H6O2.ClH.Na.H/c1-2-11(9-14-10-25-19-17(26-14)18(23)28-22(24)29-19)12-3-5-13(6-4-12)20(32)27-15(21(33)34)7-8-16(30)31;1-5(12)11-7(8(14)15)3-2-6(13)4-10-9;1-2-3(4)5;;;/h3-6,10-11,15H,2,7-9H2,1H3,(H,27,32)(H,30,31)(H,33,34)(H4,23,24,25,28,29);4,7H,2-3H2,1H3,(H,11,12)(H,14,15);2H2,1H3,(H,4,5);1H;;/q;;;;+1;-1/t11?,15-;7-;;;;/m00..../s1. The first kappa shape index (κ1) is 52.5. The second-order valence-electron chi connectivity index (χ2n) is 11.3. The summed E-state index contributed by atoms with van der Waals surface area (Å²) in [7, 11) is 0. The van der Waals surface area contributed by atoms with Crippen LogP contribution in [0.1, 0.15) is 88.3 Å². The number of carboxylic acids is 4. The third-order valence-corrected chi connectivity index (χ3v) is 7.20. The number of nitrogen functional groups attached to an aromatic ring is 2. The number of nitrogens with two attached hydrogens (primary N) is 2. The van der Waals surface area contributed by atoms with Crippen LogP contribution in [0.15, 0.2) is 30.5 Å². The molecule has 300 valence electrons. The Labute approximate surface area is 349 Å². The molecule has 0 aliphatic rings. The molecule has 3 atom stereocenters. The van der Waals surface area contributed by atoms with Gasteiger partial charge in [0.1, 0.15) is 12.1 Å². The molecule has 0 fully saturated rings. The summed E-state index contributed by atoms with van der Waals surface area (Å²) in [5.41, 5.74) is 22.1. The Hall–Kier alpha value is -5.60. The van der Waals surface area contributed by atoms with Gasteiger partial charge >= 0.3 is 59.6 Å². The van der Waals surface area contributed by atoms with Gasteiger partial charge < -0.3 is 49.5 Å². The third kappa shape index (κ3) is 19.6. The van der Waals surface area contributed by atoms with Crippen LogP contribution in [0.25, 0.3) is 16.7 Å². The molecular weight excluding hydrogens is 771 g/mol. The van der Waals surface area contributed by atoms with Crippen molar-refractivity contribution in [3.8, 4) is 0 Å². The Morgan fingerprint density at radius 3 is 1.91 bits per heavy atom. The number of rotatable bonds is 17. The Balaban J connectivity index is -0.00000107. The zero-order valence-corrected chi connectivity index (χ0v) is 33.9. The van der Waals surface area contributed by atoms with Gasteiger partial charge in [-0.25, -0.2) is 19.6 Å². The number of fused-ring (bicyclic) bond motifs is 1. The van der Waals surface area contributed by atoms with E-state index in [0.29, 0.717) is 29.5 Å². The number of carboxylic acid groups (broad SMARTS) is 4. The molecule has 56 heavy (non-hydrogen) atoms. The first-order valence-corrected chi connectivity index (χ1v) is 16.2. The number of carbonyl (C=O) groups excluding carboxylic acids is 3. The van der Waals surface area contributed by atoms with Crippen LogP contribution >= 0.6 is 12.4 Å². The largest absolute Gasteiger partial charge is 1.00 e. The van der Waals surface area contributed by atoms with E-state index in [1.807, 2.05) is 6.92 Å². The first-order valence-electron chi connectivity index (χ1n) is 16.2. The number of nitrogens with zero attached hydrogens (tertiary/aromatic N) is 6. The molecule has 21 nitrogen and oxygen atoms in total. The molecule has 10 N–H and O–H groups in total. The number of anilines is 2. The van der Waals surface area contributed by atoms with E-state index in [1.54, 1.807) is 37.4 Å². The Kier molecular flexibility index (Phi) is 25.4. The molecule has 0 saturated carbocycles. The van der Waals surface area contributed by atoms with E-state index in [2.05, 4.69) is 35.4 Å². The predicted molar refractivity (Wildman–Crippen MR) is 198 cm³/mol. The molecule has 3 aromatic rings. The van der Waals surface area contributed by atoms with E-state index in [9.17, 15) is 38.7 Å². The number of hydrogen-bond acceptors (Lipinski definition) is 13. The van der Waals surface area contributed by atoms with Gasteiger partial charge in [-0.1, -0.05) is 26.0 Å². The summed E-state index contributed by atoms with van der Waals surface area (Å²) < 4.78 is 0. The number of benzene rings is 1. The van der Waals surface area contributed by atoms with Gasteiger partial charge in [-0.3, -0.25) is 24.0 Å². The molecule has 0 aliphatic carbocycles. The zero-order chi connectivity index (χ0) is 41.0. The van der Waals surface area contributed by atoms with Crippen LogP contribution < -0.4 is 51.7 Å². The molecule has 0 aliphatic heterocycles. The number of hydrogen-bond donors (Lipinski definition) is 8. The van der Waals surface area contributed by atoms with Gasteiger partial charge in [0.25, 0.3) is 5.91 Å². The zero-order valence-electron chi connectivity index (χ0n) is 32.0. The molecule has 2 amide bonds. The third-order valence-electron chi connectivity index (χ3n) is 7.20. The topological polar surface area (TPSA) is 364 Å². The maximum absolute atomic E-state index is 12.5. The molecule has 1 unspecified atom stereocenters. The van der Waals surface area contributed by atoms with Crippen molar-refractivity contribution in [3.63, 3.8) is 0 Å². The summed E-state index contributed by atoms with van der Waals surface area (Å²) in [6.07, 6.45) is 3.15. The number of halogens is 1.